The van der Waals surface area contributed by atoms with Gasteiger partial charge in [-0.1, -0.05) is 55.4 Å². The second-order valence-electron chi connectivity index (χ2n) is 5.79. The van der Waals surface area contributed by atoms with Crippen LogP contribution < -0.4 is 0 Å². The van der Waals surface area contributed by atoms with Crippen molar-refractivity contribution in [3.05, 3.63) is 59.7 Å². The van der Waals surface area contributed by atoms with Crippen LogP contribution in [0.4, 0.5) is 0 Å². The fourth-order valence-electron chi connectivity index (χ4n) is 2.56. The molecule has 2 fully saturated rings. The van der Waals surface area contributed by atoms with Gasteiger partial charge in [0.15, 0.2) is 0 Å². The van der Waals surface area contributed by atoms with Crippen molar-refractivity contribution in [3.8, 4) is 0 Å². The summed E-state index contributed by atoms with van der Waals surface area (Å²) in [7, 11) is 0. The molecule has 2 saturated carbocycles. The molecule has 0 amide bonds. The van der Waals surface area contributed by atoms with E-state index in [9.17, 15) is 4.79 Å². The number of aldehydes is 1. The molecule has 0 saturated heterocycles. The van der Waals surface area contributed by atoms with E-state index < -0.39 is 0 Å². The molecule has 21 heavy (non-hydrogen) atoms. The van der Waals surface area contributed by atoms with Crippen LogP contribution in [0.5, 0.6) is 0 Å². The summed E-state index contributed by atoms with van der Waals surface area (Å²) in [5, 5.41) is 0. The second kappa shape index (κ2) is 8.73. The van der Waals surface area contributed by atoms with Crippen molar-refractivity contribution in [1.29, 1.82) is 0 Å². The first-order valence-electron chi connectivity index (χ1n) is 7.10. The monoisotopic (exact) mass is 326 g/mol. The molecule has 2 heteroatoms. The Morgan fingerprint density at radius 1 is 0.619 bits per heavy atom. The minimum Gasteiger partial charge on any atom is -0.303 e. The third-order valence-corrected chi connectivity index (χ3v) is 4.79. The van der Waals surface area contributed by atoms with Gasteiger partial charge in [0.2, 0.25) is 0 Å². The molecule has 114 valence electrons. The van der Waals surface area contributed by atoms with E-state index in [0.717, 1.165) is 24.0 Å². The predicted molar refractivity (Wildman–Crippen MR) is 84.9 cm³/mol. The Balaban J connectivity index is 0.000000370. The van der Waals surface area contributed by atoms with Gasteiger partial charge in [-0.2, -0.15) is 0 Å². The molecule has 0 atom stereocenters. The molecule has 2 rings (SSSR count). The van der Waals surface area contributed by atoms with E-state index in [-0.39, 0.29) is 17.1 Å². The van der Waals surface area contributed by atoms with E-state index in [1.807, 2.05) is 13.8 Å². The van der Waals surface area contributed by atoms with E-state index in [0.29, 0.717) is 0 Å². The Kier molecular flexibility index (Phi) is 8.80. The second-order valence-corrected chi connectivity index (χ2v) is 5.79. The molecule has 0 bridgehead atoms. The molecule has 0 aromatic rings. The molecule has 0 heterocycles. The summed E-state index contributed by atoms with van der Waals surface area (Å²) in [6.07, 6.45) is 3.19. The van der Waals surface area contributed by atoms with Gasteiger partial charge in [-0.25, -0.2) is 0 Å². The first-order chi connectivity index (χ1) is 9.22. The Bertz CT molecular complexity index is 291. The quantitative estimate of drug-likeness (QED) is 0.503. The van der Waals surface area contributed by atoms with Crippen LogP contribution in [0.2, 0.25) is 0 Å². The van der Waals surface area contributed by atoms with Crippen molar-refractivity contribution in [2.45, 2.75) is 55.4 Å². The summed E-state index contributed by atoms with van der Waals surface area (Å²) < 4.78 is 0. The molecule has 1 nitrogen and oxygen atoms in total. The number of rotatable bonds is 1. The number of hydrogen-bond donors (Lipinski definition) is 0. The normalized spacial score (nSPS) is 25.9. The number of carbonyl (C=O) groups excluding carboxylic acids is 1. The van der Waals surface area contributed by atoms with Crippen LogP contribution in [-0.2, 0) is 21.9 Å². The average molecular weight is 326 g/mol. The van der Waals surface area contributed by atoms with Crippen molar-refractivity contribution in [2.75, 3.05) is 0 Å². The van der Waals surface area contributed by atoms with Crippen LogP contribution in [0.25, 0.3) is 0 Å². The Morgan fingerprint density at radius 3 is 1.10 bits per heavy atom. The van der Waals surface area contributed by atoms with Gasteiger partial charge < -0.3 is 4.79 Å². The first-order valence-corrected chi connectivity index (χ1v) is 7.10. The van der Waals surface area contributed by atoms with Gasteiger partial charge >= 0.3 is 17.1 Å². The Morgan fingerprint density at radius 2 is 0.952 bits per heavy atom. The molecule has 0 N–H and O–H groups in total. The van der Waals surface area contributed by atoms with Crippen molar-refractivity contribution in [2.24, 2.45) is 0 Å². The van der Waals surface area contributed by atoms with Crippen molar-refractivity contribution >= 4 is 6.29 Å². The van der Waals surface area contributed by atoms with Gasteiger partial charge in [0, 0.05) is 0 Å². The summed E-state index contributed by atoms with van der Waals surface area (Å²) in [6, 6.07) is 0. The van der Waals surface area contributed by atoms with Gasteiger partial charge in [-0.15, -0.1) is 0 Å². The van der Waals surface area contributed by atoms with Crippen LogP contribution in [-0.4, -0.2) is 6.29 Å². The number of carbonyl (C=O) groups is 1. The minimum atomic E-state index is 0. The first kappa shape index (κ1) is 21.2. The van der Waals surface area contributed by atoms with Crippen LogP contribution in [0.1, 0.15) is 55.4 Å². The largest absolute Gasteiger partial charge is 2.00 e. The van der Waals surface area contributed by atoms with Gasteiger partial charge in [0.25, 0.3) is 0 Å². The van der Waals surface area contributed by atoms with E-state index >= 15 is 0 Å². The molecular weight excluding hydrogens is 300 g/mol. The molecule has 0 spiro atoms. The van der Waals surface area contributed by atoms with E-state index in [1.54, 1.807) is 0 Å². The SMILES string of the molecule is C[C]1[CH][C](C)[C](C)[C]1C.C[C]1[C](C)[C](C)[C](C=O)[C]1C.[Fe+2]. The van der Waals surface area contributed by atoms with Crippen LogP contribution in [0.15, 0.2) is 0 Å². The number of hydrogen-bond acceptors (Lipinski definition) is 1. The maximum atomic E-state index is 10.6. The van der Waals surface area contributed by atoms with E-state index in [1.165, 1.54) is 35.5 Å². The summed E-state index contributed by atoms with van der Waals surface area (Å²) in [5.41, 5.74) is 0. The van der Waals surface area contributed by atoms with Crippen LogP contribution >= 0.6 is 0 Å². The average Bonchev–Trinajstić information content (AvgIpc) is 2.74. The van der Waals surface area contributed by atoms with Crippen molar-refractivity contribution in [1.82, 2.24) is 0 Å². The van der Waals surface area contributed by atoms with Gasteiger partial charge in [-0.3, -0.25) is 0 Å². The van der Waals surface area contributed by atoms with Gasteiger partial charge in [0.05, 0.1) is 5.92 Å². The third kappa shape index (κ3) is 4.58. The maximum absolute atomic E-state index is 10.6. The molecular formula is C19H26FeO+2. The molecule has 0 unspecified atom stereocenters. The zero-order valence-electron chi connectivity index (χ0n) is 14.4. The van der Waals surface area contributed by atoms with Crippen LogP contribution in [0, 0.1) is 59.7 Å². The third-order valence-electron chi connectivity index (χ3n) is 4.79. The minimum absolute atomic E-state index is 0. The summed E-state index contributed by atoms with van der Waals surface area (Å²) >= 11 is 0. The topological polar surface area (TPSA) is 17.1 Å². The zero-order valence-corrected chi connectivity index (χ0v) is 15.5. The fraction of sp³-hybridized carbons (Fsp3) is 0.421. The van der Waals surface area contributed by atoms with Gasteiger partial charge in [0.1, 0.15) is 6.29 Å². The summed E-state index contributed by atoms with van der Waals surface area (Å²) in [5.74, 6) is 11.4. The summed E-state index contributed by atoms with van der Waals surface area (Å²) in [6.45, 7) is 16.8. The molecule has 2 aliphatic carbocycles. The molecule has 0 aliphatic heterocycles. The Labute approximate surface area is 143 Å². The van der Waals surface area contributed by atoms with E-state index in [4.69, 9.17) is 0 Å². The molecule has 0 aromatic heterocycles. The predicted octanol–water partition coefficient (Wildman–Crippen LogP) is 4.73. The standard InChI is InChI=1S/C10H13O.C9H13.Fe/c1-6-7(2)9(4)10(5-11)8(6)3;1-6-5-7(2)9(4)8(6)3;/h5H,1-4H3;5H,1-4H3;/q;;+2. The smallest absolute Gasteiger partial charge is 0.303 e. The molecule has 0 aromatic carbocycles. The van der Waals surface area contributed by atoms with E-state index in [2.05, 4.69) is 48.0 Å². The van der Waals surface area contributed by atoms with Crippen molar-refractivity contribution < 1.29 is 21.9 Å². The fourth-order valence-corrected chi connectivity index (χ4v) is 2.56. The summed E-state index contributed by atoms with van der Waals surface area (Å²) in [4.78, 5) is 10.6. The maximum Gasteiger partial charge on any atom is 2.00 e. The van der Waals surface area contributed by atoms with Crippen molar-refractivity contribution in [3.63, 3.8) is 0 Å². The molecule has 2 aliphatic rings. The molecule has 10 radical (unpaired) electrons. The Hall–Kier alpha value is 0.189. The zero-order chi connectivity index (χ0) is 15.6. The van der Waals surface area contributed by atoms with Gasteiger partial charge in [-0.05, 0) is 53.8 Å². The van der Waals surface area contributed by atoms with Crippen LogP contribution in [0.3, 0.4) is 0 Å².